The molecule has 33 heavy (non-hydrogen) atoms. The average Bonchev–Trinajstić information content (AvgIpc) is 3.17. The van der Waals surface area contributed by atoms with E-state index in [1.165, 1.54) is 17.0 Å². The van der Waals surface area contributed by atoms with Gasteiger partial charge in [-0.3, -0.25) is 4.79 Å². The summed E-state index contributed by atoms with van der Waals surface area (Å²) in [7, 11) is 0. The fraction of sp³-hybridized carbons (Fsp3) is 0.483. The highest BCUT2D eigenvalue weighted by Gasteiger charge is 2.19. The number of hydrogen-bond acceptors (Lipinski definition) is 2. The Morgan fingerprint density at radius 1 is 1.00 bits per heavy atom. The van der Waals surface area contributed by atoms with Crippen molar-refractivity contribution in [3.63, 3.8) is 0 Å². The molecule has 1 aromatic heterocycles. The van der Waals surface area contributed by atoms with Crippen molar-refractivity contribution >= 4 is 16.7 Å². The van der Waals surface area contributed by atoms with Crippen molar-refractivity contribution in [1.82, 2.24) is 9.88 Å². The second kappa shape index (κ2) is 12.1. The van der Waals surface area contributed by atoms with Crippen LogP contribution in [0.4, 0.5) is 4.39 Å². The van der Waals surface area contributed by atoms with Gasteiger partial charge in [0.25, 0.3) is 0 Å². The maximum Gasteiger partial charge on any atom is 0.166 e. The van der Waals surface area contributed by atoms with E-state index in [4.69, 9.17) is 0 Å². The molecule has 0 amide bonds. The summed E-state index contributed by atoms with van der Waals surface area (Å²) >= 11 is 0. The van der Waals surface area contributed by atoms with Gasteiger partial charge in [0.05, 0.1) is 0 Å². The number of ketones is 1. The number of aromatic nitrogens is 1. The van der Waals surface area contributed by atoms with Gasteiger partial charge in [0.1, 0.15) is 5.82 Å². The van der Waals surface area contributed by atoms with Crippen LogP contribution in [-0.2, 0) is 13.0 Å². The number of hydrogen-bond donors (Lipinski definition) is 1. The first-order chi connectivity index (χ1) is 16.0. The minimum atomic E-state index is -0.291. The predicted octanol–water partition coefficient (Wildman–Crippen LogP) is 7.02. The van der Waals surface area contributed by atoms with Gasteiger partial charge in [0, 0.05) is 41.5 Å². The zero-order valence-corrected chi connectivity index (χ0v) is 20.7. The Kier molecular flexibility index (Phi) is 9.25. The van der Waals surface area contributed by atoms with Crippen molar-refractivity contribution in [3.8, 4) is 0 Å². The van der Waals surface area contributed by atoms with Crippen LogP contribution >= 0.6 is 0 Å². The van der Waals surface area contributed by atoms with E-state index in [0.717, 1.165) is 50.9 Å². The van der Waals surface area contributed by atoms with E-state index in [9.17, 15) is 4.79 Å². The highest BCUT2D eigenvalue weighted by atomic mass is 19.1. The van der Waals surface area contributed by atoms with Crippen molar-refractivity contribution in [3.05, 3.63) is 71.2 Å². The molecule has 0 aliphatic rings. The van der Waals surface area contributed by atoms with Crippen LogP contribution in [0.25, 0.3) is 10.9 Å². The smallest absolute Gasteiger partial charge is 0.166 e. The van der Waals surface area contributed by atoms with E-state index in [2.05, 4.69) is 48.1 Å². The second-order valence-corrected chi connectivity index (χ2v) is 9.10. The van der Waals surface area contributed by atoms with E-state index in [1.807, 2.05) is 19.9 Å². The van der Waals surface area contributed by atoms with E-state index in [-0.39, 0.29) is 17.5 Å². The number of fused-ring (bicyclic) bond motifs is 1. The Balaban J connectivity index is 1.84. The lowest BCUT2D eigenvalue weighted by atomic mass is 9.92. The van der Waals surface area contributed by atoms with E-state index in [1.54, 1.807) is 12.1 Å². The third-order valence-corrected chi connectivity index (χ3v) is 6.96. The quantitative estimate of drug-likeness (QED) is 0.224. The standard InChI is InChI=1S/C29H39FN2O/c1-5-21(15-16-31-8-4)19-32-20-25(26-11-9-10-12-28(26)32)17-23-13-14-24(18-27(23)30)29(33)22(6-2)7-3/h9-14,18,20-22,31H,5-8,15-17,19H2,1-4H3. The molecule has 4 heteroatoms. The molecule has 1 atom stereocenters. The molecule has 0 spiro atoms. The van der Waals surface area contributed by atoms with Gasteiger partial charge in [-0.05, 0) is 61.5 Å². The van der Waals surface area contributed by atoms with Crippen molar-refractivity contribution in [2.75, 3.05) is 13.1 Å². The molecular formula is C29H39FN2O. The number of halogens is 1. The first-order valence-electron chi connectivity index (χ1n) is 12.6. The predicted molar refractivity (Wildman–Crippen MR) is 136 cm³/mol. The Bertz CT molecular complexity index is 1050. The Morgan fingerprint density at radius 2 is 1.76 bits per heavy atom. The first kappa shape index (κ1) is 25.2. The van der Waals surface area contributed by atoms with Crippen molar-refractivity contribution in [2.45, 2.75) is 66.3 Å². The zero-order valence-electron chi connectivity index (χ0n) is 20.7. The number of para-hydroxylation sites is 1. The molecule has 0 saturated carbocycles. The Morgan fingerprint density at radius 3 is 2.42 bits per heavy atom. The fourth-order valence-electron chi connectivity index (χ4n) is 4.74. The molecule has 1 unspecified atom stereocenters. The lowest BCUT2D eigenvalue weighted by Crippen LogP contribution is -2.19. The number of nitrogens with one attached hydrogen (secondary N) is 1. The van der Waals surface area contributed by atoms with Crippen LogP contribution in [0.5, 0.6) is 0 Å². The van der Waals surface area contributed by atoms with Gasteiger partial charge in [0.2, 0.25) is 0 Å². The van der Waals surface area contributed by atoms with Crippen molar-refractivity contribution in [1.29, 1.82) is 0 Å². The monoisotopic (exact) mass is 450 g/mol. The van der Waals surface area contributed by atoms with Crippen LogP contribution in [0.2, 0.25) is 0 Å². The van der Waals surface area contributed by atoms with E-state index >= 15 is 4.39 Å². The Labute approximate surface area is 198 Å². The second-order valence-electron chi connectivity index (χ2n) is 9.10. The number of benzene rings is 2. The third kappa shape index (κ3) is 6.11. The molecule has 3 nitrogen and oxygen atoms in total. The number of nitrogens with zero attached hydrogens (tertiary/aromatic N) is 1. The molecule has 178 valence electrons. The highest BCUT2D eigenvalue weighted by molar-refractivity contribution is 5.97. The van der Waals surface area contributed by atoms with Crippen LogP contribution in [0.1, 0.15) is 74.9 Å². The maximum atomic E-state index is 15.0. The minimum absolute atomic E-state index is 0.0349. The maximum absolute atomic E-state index is 15.0. The average molecular weight is 451 g/mol. The van der Waals surface area contributed by atoms with Gasteiger partial charge in [0.15, 0.2) is 5.78 Å². The molecule has 3 aromatic rings. The molecular weight excluding hydrogens is 411 g/mol. The lowest BCUT2D eigenvalue weighted by Gasteiger charge is -2.16. The van der Waals surface area contributed by atoms with Crippen LogP contribution in [0.3, 0.4) is 0 Å². The molecule has 0 fully saturated rings. The first-order valence-corrected chi connectivity index (χ1v) is 12.6. The normalized spacial score (nSPS) is 12.5. The van der Waals surface area contributed by atoms with Gasteiger partial charge < -0.3 is 9.88 Å². The minimum Gasteiger partial charge on any atom is -0.347 e. The van der Waals surface area contributed by atoms with Gasteiger partial charge in [-0.15, -0.1) is 0 Å². The Hall–Kier alpha value is -2.46. The summed E-state index contributed by atoms with van der Waals surface area (Å²) in [5, 5.41) is 4.61. The largest absolute Gasteiger partial charge is 0.347 e. The fourth-order valence-corrected chi connectivity index (χ4v) is 4.74. The van der Waals surface area contributed by atoms with Gasteiger partial charge >= 0.3 is 0 Å². The lowest BCUT2D eigenvalue weighted by molar-refractivity contribution is 0.0913. The summed E-state index contributed by atoms with van der Waals surface area (Å²) in [6, 6.07) is 13.4. The summed E-state index contributed by atoms with van der Waals surface area (Å²) in [6.07, 6.45) is 6.56. The number of carbonyl (C=O) groups is 1. The van der Waals surface area contributed by atoms with E-state index in [0.29, 0.717) is 23.5 Å². The number of Topliss-reactive ketones (excluding diaryl/α,β-unsaturated/α-hetero) is 1. The molecule has 1 heterocycles. The number of rotatable bonds is 13. The molecule has 0 radical (unpaired) electrons. The summed E-state index contributed by atoms with van der Waals surface area (Å²) in [5.41, 5.74) is 3.46. The molecule has 3 rings (SSSR count). The van der Waals surface area contributed by atoms with Crippen LogP contribution in [-0.4, -0.2) is 23.4 Å². The summed E-state index contributed by atoms with van der Waals surface area (Å²) < 4.78 is 17.4. The molecule has 0 saturated heterocycles. The summed E-state index contributed by atoms with van der Waals surface area (Å²) in [6.45, 7) is 11.4. The van der Waals surface area contributed by atoms with E-state index < -0.39 is 0 Å². The zero-order chi connectivity index (χ0) is 23.8. The molecule has 2 aromatic carbocycles. The molecule has 0 aliphatic carbocycles. The van der Waals surface area contributed by atoms with Gasteiger partial charge in [-0.25, -0.2) is 4.39 Å². The van der Waals surface area contributed by atoms with Crippen LogP contribution < -0.4 is 5.32 Å². The summed E-state index contributed by atoms with van der Waals surface area (Å²) in [4.78, 5) is 12.7. The molecule has 1 N–H and O–H groups in total. The van der Waals surface area contributed by atoms with Crippen LogP contribution in [0.15, 0.2) is 48.7 Å². The topological polar surface area (TPSA) is 34.0 Å². The number of carbonyl (C=O) groups excluding carboxylic acids is 1. The SMILES string of the molecule is CCNCCC(CC)Cn1cc(Cc2ccc(C(=O)C(CC)CC)cc2F)c2ccccc21. The van der Waals surface area contributed by atoms with Crippen molar-refractivity contribution < 1.29 is 9.18 Å². The third-order valence-electron chi connectivity index (χ3n) is 6.96. The molecule has 0 bridgehead atoms. The summed E-state index contributed by atoms with van der Waals surface area (Å²) in [5.74, 6) is 0.318. The molecule has 0 aliphatic heterocycles. The van der Waals surface area contributed by atoms with Gasteiger partial charge in [-0.2, -0.15) is 0 Å². The van der Waals surface area contributed by atoms with Crippen molar-refractivity contribution in [2.24, 2.45) is 11.8 Å². The van der Waals surface area contributed by atoms with Crippen LogP contribution in [0, 0.1) is 17.7 Å². The highest BCUT2D eigenvalue weighted by Crippen LogP contribution is 2.27. The van der Waals surface area contributed by atoms with Gasteiger partial charge in [-0.1, -0.05) is 64.4 Å².